The Labute approximate surface area is 243 Å². The minimum absolute atomic E-state index is 0.100. The summed E-state index contributed by atoms with van der Waals surface area (Å²) in [5.41, 5.74) is 7.78. The Kier molecular flexibility index (Phi) is 7.98. The second-order valence-corrected chi connectivity index (χ2v) is 14.4. The first-order chi connectivity index (χ1) is 18.9. The third-order valence-electron chi connectivity index (χ3n) is 8.49. The Morgan fingerprint density at radius 2 is 1.54 bits per heavy atom. The zero-order chi connectivity index (χ0) is 27.0. The van der Waals surface area contributed by atoms with Crippen LogP contribution in [0, 0.1) is 3.57 Å². The third-order valence-corrected chi connectivity index (χ3v) is 11.1. The standard InChI is InChI=1S/C27H37IN8O2S/c28-18-5-11-23(12-6-18)39(37,38)35-15-13-21(14-16-35)31-25-24-26(36(17-30-24)22-3-1-2-4-22)34-27(33-25)32-20-9-7-19(29)8-10-20/h5-6,11-12,17,19-22H,1-4,7-10,13-16,29H2,(H2,31,32,33,34)/t19-,20-. The molecule has 0 amide bonds. The van der Waals surface area contributed by atoms with Gasteiger partial charge in [0.2, 0.25) is 16.0 Å². The van der Waals surface area contributed by atoms with Gasteiger partial charge in [-0.1, -0.05) is 12.8 Å². The van der Waals surface area contributed by atoms with Gasteiger partial charge in [-0.2, -0.15) is 14.3 Å². The Balaban J connectivity index is 1.20. The average Bonchev–Trinajstić information content (AvgIpc) is 3.61. The lowest BCUT2D eigenvalue weighted by molar-refractivity contribution is 0.329. The fourth-order valence-electron chi connectivity index (χ4n) is 6.17. The summed E-state index contributed by atoms with van der Waals surface area (Å²) in [7, 11) is -3.50. The second-order valence-electron chi connectivity index (χ2n) is 11.2. The van der Waals surface area contributed by atoms with Gasteiger partial charge in [-0.15, -0.1) is 0 Å². The van der Waals surface area contributed by atoms with Crippen LogP contribution in [0.1, 0.15) is 70.3 Å². The number of nitrogens with two attached hydrogens (primary N) is 1. The van der Waals surface area contributed by atoms with Crippen molar-refractivity contribution in [3.8, 4) is 0 Å². The Bertz CT molecular complexity index is 1390. The van der Waals surface area contributed by atoms with Crippen molar-refractivity contribution < 1.29 is 8.42 Å². The molecular formula is C27H37IN8O2S. The molecule has 39 heavy (non-hydrogen) atoms. The maximum absolute atomic E-state index is 13.2. The number of imidazole rings is 1. The molecule has 4 N–H and O–H groups in total. The molecule has 0 radical (unpaired) electrons. The van der Waals surface area contributed by atoms with E-state index in [9.17, 15) is 8.42 Å². The third kappa shape index (κ3) is 5.89. The van der Waals surface area contributed by atoms with E-state index < -0.39 is 10.0 Å². The number of piperidine rings is 1. The number of hydrogen-bond acceptors (Lipinski definition) is 8. The quantitative estimate of drug-likeness (QED) is 0.315. The highest BCUT2D eigenvalue weighted by molar-refractivity contribution is 14.1. The number of rotatable bonds is 7. The highest BCUT2D eigenvalue weighted by Crippen LogP contribution is 2.34. The predicted octanol–water partition coefficient (Wildman–Crippen LogP) is 4.49. The summed E-state index contributed by atoms with van der Waals surface area (Å²) >= 11 is 2.19. The maximum Gasteiger partial charge on any atom is 0.243 e. The van der Waals surface area contributed by atoms with Gasteiger partial charge in [-0.05, 0) is 98.2 Å². The van der Waals surface area contributed by atoms with Crippen molar-refractivity contribution in [1.82, 2.24) is 23.8 Å². The number of benzene rings is 1. The van der Waals surface area contributed by atoms with E-state index >= 15 is 0 Å². The van der Waals surface area contributed by atoms with Crippen molar-refractivity contribution in [2.75, 3.05) is 23.7 Å². The topological polar surface area (TPSA) is 131 Å². The van der Waals surface area contributed by atoms with Crippen LogP contribution in [0.4, 0.5) is 11.8 Å². The van der Waals surface area contributed by atoms with Crippen LogP contribution in [-0.2, 0) is 10.0 Å². The van der Waals surface area contributed by atoms with Gasteiger partial charge in [0.15, 0.2) is 17.0 Å². The van der Waals surface area contributed by atoms with Crippen molar-refractivity contribution >= 4 is 55.5 Å². The summed E-state index contributed by atoms with van der Waals surface area (Å²) in [4.78, 5) is 15.0. The SMILES string of the molecule is N[C@H]1CC[C@H](Nc2nc(NC3CCN(S(=O)(=O)c4ccc(I)cc4)CC3)c3ncn(C4CCCC4)c3n2)CC1. The van der Waals surface area contributed by atoms with Crippen molar-refractivity contribution in [1.29, 1.82) is 0 Å². The average molecular weight is 665 g/mol. The predicted molar refractivity (Wildman–Crippen MR) is 161 cm³/mol. The van der Waals surface area contributed by atoms with Gasteiger partial charge < -0.3 is 20.9 Å². The molecule has 3 fully saturated rings. The summed E-state index contributed by atoms with van der Waals surface area (Å²) in [6.07, 6.45) is 12.1. The molecule has 10 nitrogen and oxygen atoms in total. The van der Waals surface area contributed by atoms with E-state index in [-0.39, 0.29) is 12.1 Å². The smallest absolute Gasteiger partial charge is 0.243 e. The van der Waals surface area contributed by atoms with Gasteiger partial charge >= 0.3 is 0 Å². The maximum atomic E-state index is 13.2. The van der Waals surface area contributed by atoms with E-state index in [0.717, 1.165) is 59.1 Å². The first kappa shape index (κ1) is 27.2. The molecule has 210 valence electrons. The highest BCUT2D eigenvalue weighted by atomic mass is 127. The minimum Gasteiger partial charge on any atom is -0.365 e. The van der Waals surface area contributed by atoms with E-state index in [1.165, 1.54) is 12.8 Å². The molecule has 1 saturated heterocycles. The van der Waals surface area contributed by atoms with Crippen LogP contribution in [0.25, 0.3) is 11.2 Å². The summed E-state index contributed by atoms with van der Waals surface area (Å²) in [5.74, 6) is 1.36. The highest BCUT2D eigenvalue weighted by Gasteiger charge is 2.31. The number of halogens is 1. The molecule has 0 spiro atoms. The first-order valence-electron chi connectivity index (χ1n) is 14.2. The van der Waals surface area contributed by atoms with E-state index in [2.05, 4.69) is 37.8 Å². The molecule has 2 aromatic heterocycles. The molecule has 6 rings (SSSR count). The molecular weight excluding hydrogens is 627 g/mol. The molecule has 0 unspecified atom stereocenters. The van der Waals surface area contributed by atoms with Gasteiger partial charge in [-0.3, -0.25) is 0 Å². The number of anilines is 2. The molecule has 1 aromatic carbocycles. The lowest BCUT2D eigenvalue weighted by Crippen LogP contribution is -2.42. The van der Waals surface area contributed by atoms with Crippen LogP contribution in [0.15, 0.2) is 35.5 Å². The largest absolute Gasteiger partial charge is 0.365 e. The molecule has 12 heteroatoms. The molecule has 0 atom stereocenters. The van der Waals surface area contributed by atoms with Crippen molar-refractivity contribution in [2.45, 2.75) is 93.3 Å². The normalized spacial score (nSPS) is 23.8. The Morgan fingerprint density at radius 3 is 2.23 bits per heavy atom. The van der Waals surface area contributed by atoms with Crippen LogP contribution in [0.2, 0.25) is 0 Å². The summed E-state index contributed by atoms with van der Waals surface area (Å²) in [5, 5.41) is 7.20. The van der Waals surface area contributed by atoms with Crippen LogP contribution in [0.5, 0.6) is 0 Å². The molecule has 3 heterocycles. The second kappa shape index (κ2) is 11.5. The van der Waals surface area contributed by atoms with Gasteiger partial charge in [0, 0.05) is 40.8 Å². The Hall–Kier alpha value is -2.03. The number of fused-ring (bicyclic) bond motifs is 1. The minimum atomic E-state index is -3.50. The molecule has 1 aliphatic heterocycles. The summed E-state index contributed by atoms with van der Waals surface area (Å²) in [6.45, 7) is 0.925. The van der Waals surface area contributed by atoms with Gasteiger partial charge in [0.25, 0.3) is 0 Å². The van der Waals surface area contributed by atoms with E-state index in [0.29, 0.717) is 48.9 Å². The summed E-state index contributed by atoms with van der Waals surface area (Å²) in [6, 6.07) is 8.17. The molecule has 2 saturated carbocycles. The van der Waals surface area contributed by atoms with Crippen LogP contribution in [0.3, 0.4) is 0 Å². The van der Waals surface area contributed by atoms with E-state index in [1.54, 1.807) is 16.4 Å². The van der Waals surface area contributed by atoms with Crippen molar-refractivity contribution in [3.63, 3.8) is 0 Å². The van der Waals surface area contributed by atoms with Crippen molar-refractivity contribution in [2.24, 2.45) is 5.73 Å². The fourth-order valence-corrected chi connectivity index (χ4v) is 8.00. The van der Waals surface area contributed by atoms with Crippen LogP contribution >= 0.6 is 22.6 Å². The van der Waals surface area contributed by atoms with Gasteiger partial charge in [-0.25, -0.2) is 13.4 Å². The van der Waals surface area contributed by atoms with Crippen LogP contribution in [-0.4, -0.2) is 63.5 Å². The molecule has 2 aliphatic carbocycles. The van der Waals surface area contributed by atoms with Gasteiger partial charge in [0.1, 0.15) is 0 Å². The fraction of sp³-hybridized carbons (Fsp3) is 0.593. The molecule has 3 aromatic rings. The number of nitrogens with one attached hydrogen (secondary N) is 2. The molecule has 0 bridgehead atoms. The monoisotopic (exact) mass is 664 g/mol. The number of sulfonamides is 1. The lowest BCUT2D eigenvalue weighted by atomic mass is 9.92. The van der Waals surface area contributed by atoms with E-state index in [1.807, 2.05) is 18.5 Å². The van der Waals surface area contributed by atoms with E-state index in [4.69, 9.17) is 20.7 Å². The molecule has 3 aliphatic rings. The lowest BCUT2D eigenvalue weighted by Gasteiger charge is -2.32. The zero-order valence-electron chi connectivity index (χ0n) is 22.1. The Morgan fingerprint density at radius 1 is 0.872 bits per heavy atom. The van der Waals surface area contributed by atoms with Gasteiger partial charge in [0.05, 0.1) is 11.2 Å². The first-order valence-corrected chi connectivity index (χ1v) is 16.7. The van der Waals surface area contributed by atoms with Crippen molar-refractivity contribution in [3.05, 3.63) is 34.2 Å². The van der Waals surface area contributed by atoms with Crippen LogP contribution < -0.4 is 16.4 Å². The summed E-state index contributed by atoms with van der Waals surface area (Å²) < 4.78 is 31.2. The number of aromatic nitrogens is 4. The number of hydrogen-bond donors (Lipinski definition) is 3. The zero-order valence-corrected chi connectivity index (χ0v) is 25.1. The number of nitrogens with zero attached hydrogens (tertiary/aromatic N) is 5.